The number of allylic oxidation sites excluding steroid dienone is 2. The number of amides is 1. The summed E-state index contributed by atoms with van der Waals surface area (Å²) >= 11 is 0. The van der Waals surface area contributed by atoms with E-state index >= 15 is 0 Å². The minimum Gasteiger partial charge on any atom is -0.480 e. The van der Waals surface area contributed by atoms with Crippen molar-refractivity contribution in [2.75, 3.05) is 19.8 Å². The second-order valence-corrected chi connectivity index (χ2v) is 5.18. The molecule has 5 heteroatoms. The number of aliphatic carboxylic acids is 1. The van der Waals surface area contributed by atoms with E-state index in [2.05, 4.69) is 6.08 Å². The highest BCUT2D eigenvalue weighted by Crippen LogP contribution is 2.24. The molecule has 1 heterocycles. The van der Waals surface area contributed by atoms with Crippen LogP contribution >= 0.6 is 0 Å². The fraction of sp³-hybridized carbons (Fsp3) is 0.714. The molecular formula is C14H21NO4. The number of hydrogen-bond acceptors (Lipinski definition) is 3. The Labute approximate surface area is 113 Å². The van der Waals surface area contributed by atoms with Crippen LogP contribution in [0, 0.1) is 5.92 Å². The van der Waals surface area contributed by atoms with Gasteiger partial charge in [-0.25, -0.2) is 0 Å². The maximum Gasteiger partial charge on any atom is 0.323 e. The summed E-state index contributed by atoms with van der Waals surface area (Å²) in [5, 5.41) is 9.02. The number of ether oxygens (including phenoxy) is 1. The lowest BCUT2D eigenvalue weighted by Gasteiger charge is -2.35. The molecule has 19 heavy (non-hydrogen) atoms. The van der Waals surface area contributed by atoms with Gasteiger partial charge in [0.25, 0.3) is 0 Å². The number of carboxylic acid groups (broad SMARTS) is 1. The highest BCUT2D eigenvalue weighted by molar-refractivity contribution is 5.83. The Hall–Kier alpha value is -1.36. The summed E-state index contributed by atoms with van der Waals surface area (Å²) in [6.07, 6.45) is 8.05. The van der Waals surface area contributed by atoms with Crippen LogP contribution in [0.25, 0.3) is 0 Å². The maximum absolute atomic E-state index is 12.5. The van der Waals surface area contributed by atoms with Gasteiger partial charge in [0.15, 0.2) is 0 Å². The smallest absolute Gasteiger partial charge is 0.323 e. The molecule has 5 nitrogen and oxygen atoms in total. The van der Waals surface area contributed by atoms with Crippen LogP contribution in [-0.4, -0.2) is 47.7 Å². The van der Waals surface area contributed by atoms with Gasteiger partial charge in [0, 0.05) is 25.2 Å². The average Bonchev–Trinajstić information content (AvgIpc) is 2.46. The predicted octanol–water partition coefficient (Wildman–Crippen LogP) is 1.43. The Balaban J connectivity index is 2.04. The van der Waals surface area contributed by atoms with Gasteiger partial charge in [-0.1, -0.05) is 12.2 Å². The van der Waals surface area contributed by atoms with E-state index in [9.17, 15) is 9.59 Å². The first-order chi connectivity index (χ1) is 9.18. The van der Waals surface area contributed by atoms with Gasteiger partial charge < -0.3 is 14.7 Å². The van der Waals surface area contributed by atoms with E-state index in [0.717, 1.165) is 32.1 Å². The van der Waals surface area contributed by atoms with Gasteiger partial charge in [0.05, 0.1) is 0 Å². The molecule has 1 N–H and O–H groups in total. The van der Waals surface area contributed by atoms with E-state index in [1.165, 1.54) is 0 Å². The maximum atomic E-state index is 12.5. The van der Waals surface area contributed by atoms with Crippen LogP contribution < -0.4 is 0 Å². The molecule has 2 rings (SSSR count). The summed E-state index contributed by atoms with van der Waals surface area (Å²) in [6, 6.07) is 0.0169. The molecule has 1 saturated heterocycles. The lowest BCUT2D eigenvalue weighted by molar-refractivity contribution is -0.150. The molecule has 1 amide bonds. The Morgan fingerprint density at radius 1 is 1.21 bits per heavy atom. The zero-order valence-corrected chi connectivity index (χ0v) is 11.1. The standard InChI is InChI=1S/C14H21NO4/c16-13(17)10-15(12-6-8-19-9-7-12)14(18)11-4-2-1-3-5-11/h1-2,11-12H,3-10H2,(H,16,17)/t11-/m1/s1. The summed E-state index contributed by atoms with van der Waals surface area (Å²) in [4.78, 5) is 25.1. The van der Waals surface area contributed by atoms with E-state index < -0.39 is 5.97 Å². The quantitative estimate of drug-likeness (QED) is 0.783. The number of rotatable bonds is 4. The Morgan fingerprint density at radius 3 is 2.53 bits per heavy atom. The molecular weight excluding hydrogens is 246 g/mol. The largest absolute Gasteiger partial charge is 0.480 e. The molecule has 106 valence electrons. The van der Waals surface area contributed by atoms with Crippen LogP contribution in [0.3, 0.4) is 0 Å². The van der Waals surface area contributed by atoms with Gasteiger partial charge in [-0.3, -0.25) is 9.59 Å². The van der Waals surface area contributed by atoms with Crippen molar-refractivity contribution in [3.63, 3.8) is 0 Å². The van der Waals surface area contributed by atoms with Crippen LogP contribution in [0.1, 0.15) is 32.1 Å². The Kier molecular flexibility index (Phi) is 4.96. The molecule has 0 aromatic rings. The lowest BCUT2D eigenvalue weighted by atomic mass is 9.92. The van der Waals surface area contributed by atoms with E-state index in [1.807, 2.05) is 6.08 Å². The molecule has 0 saturated carbocycles. The zero-order valence-electron chi connectivity index (χ0n) is 11.1. The number of hydrogen-bond donors (Lipinski definition) is 1. The summed E-state index contributed by atoms with van der Waals surface area (Å²) in [7, 11) is 0. The summed E-state index contributed by atoms with van der Waals surface area (Å²) < 4.78 is 5.28. The highest BCUT2D eigenvalue weighted by Gasteiger charge is 2.31. The van der Waals surface area contributed by atoms with Crippen LogP contribution in [0.4, 0.5) is 0 Å². The molecule has 0 unspecified atom stereocenters. The van der Waals surface area contributed by atoms with Gasteiger partial charge in [0.1, 0.15) is 6.54 Å². The first-order valence-electron chi connectivity index (χ1n) is 6.93. The van der Waals surface area contributed by atoms with Gasteiger partial charge in [-0.15, -0.1) is 0 Å². The van der Waals surface area contributed by atoms with Crippen molar-refractivity contribution >= 4 is 11.9 Å². The molecule has 0 aromatic heterocycles. The Bertz CT molecular complexity index is 360. The molecule has 2 aliphatic rings. The normalized spacial score (nSPS) is 24.1. The monoisotopic (exact) mass is 267 g/mol. The van der Waals surface area contributed by atoms with Gasteiger partial charge in [-0.05, 0) is 32.1 Å². The fourth-order valence-corrected chi connectivity index (χ4v) is 2.78. The first-order valence-corrected chi connectivity index (χ1v) is 6.93. The second-order valence-electron chi connectivity index (χ2n) is 5.18. The third-order valence-electron chi connectivity index (χ3n) is 3.84. The van der Waals surface area contributed by atoms with Crippen LogP contribution in [0.2, 0.25) is 0 Å². The number of carbonyl (C=O) groups is 2. The summed E-state index contributed by atoms with van der Waals surface area (Å²) in [5.41, 5.74) is 0. The van der Waals surface area contributed by atoms with E-state index in [-0.39, 0.29) is 24.4 Å². The molecule has 0 aromatic carbocycles. The van der Waals surface area contributed by atoms with E-state index in [4.69, 9.17) is 9.84 Å². The van der Waals surface area contributed by atoms with Crippen LogP contribution in [-0.2, 0) is 14.3 Å². The molecule has 1 fully saturated rings. The predicted molar refractivity (Wildman–Crippen MR) is 69.7 cm³/mol. The average molecular weight is 267 g/mol. The van der Waals surface area contributed by atoms with Crippen LogP contribution in [0.15, 0.2) is 12.2 Å². The SMILES string of the molecule is O=C(O)CN(C(=O)[C@@H]1CC=CCC1)C1CCOCC1. The minimum atomic E-state index is -0.939. The van der Waals surface area contributed by atoms with Crippen molar-refractivity contribution in [1.29, 1.82) is 0 Å². The number of carbonyl (C=O) groups excluding carboxylic acids is 1. The van der Waals surface area contributed by atoms with Gasteiger partial charge in [-0.2, -0.15) is 0 Å². The number of nitrogens with zero attached hydrogens (tertiary/aromatic N) is 1. The first kappa shape index (κ1) is 14.1. The molecule has 1 aliphatic heterocycles. The van der Waals surface area contributed by atoms with Crippen molar-refractivity contribution in [2.45, 2.75) is 38.1 Å². The topological polar surface area (TPSA) is 66.8 Å². The molecule has 0 bridgehead atoms. The number of carboxylic acids is 1. The molecule has 0 radical (unpaired) electrons. The molecule has 1 aliphatic carbocycles. The van der Waals surface area contributed by atoms with Gasteiger partial charge in [0.2, 0.25) is 5.91 Å². The summed E-state index contributed by atoms with van der Waals surface area (Å²) in [5.74, 6) is -0.989. The third-order valence-corrected chi connectivity index (χ3v) is 3.84. The minimum absolute atomic E-state index is 0.00125. The summed E-state index contributed by atoms with van der Waals surface area (Å²) in [6.45, 7) is 1.03. The van der Waals surface area contributed by atoms with Crippen molar-refractivity contribution in [3.05, 3.63) is 12.2 Å². The van der Waals surface area contributed by atoms with Crippen molar-refractivity contribution in [1.82, 2.24) is 4.90 Å². The zero-order chi connectivity index (χ0) is 13.7. The van der Waals surface area contributed by atoms with E-state index in [0.29, 0.717) is 13.2 Å². The highest BCUT2D eigenvalue weighted by atomic mass is 16.5. The van der Waals surface area contributed by atoms with Crippen molar-refractivity contribution < 1.29 is 19.4 Å². The van der Waals surface area contributed by atoms with E-state index in [1.54, 1.807) is 4.90 Å². The molecule has 0 spiro atoms. The second kappa shape index (κ2) is 6.70. The lowest BCUT2D eigenvalue weighted by Crippen LogP contribution is -2.48. The molecule has 1 atom stereocenters. The van der Waals surface area contributed by atoms with Crippen LogP contribution in [0.5, 0.6) is 0 Å². The fourth-order valence-electron chi connectivity index (χ4n) is 2.78. The third kappa shape index (κ3) is 3.80. The van der Waals surface area contributed by atoms with Crippen molar-refractivity contribution in [2.24, 2.45) is 5.92 Å². The van der Waals surface area contributed by atoms with Gasteiger partial charge >= 0.3 is 5.97 Å². The Morgan fingerprint density at radius 2 is 1.95 bits per heavy atom. The van der Waals surface area contributed by atoms with Crippen molar-refractivity contribution in [3.8, 4) is 0 Å².